The molecule has 0 fully saturated rings. The quantitative estimate of drug-likeness (QED) is 0.720. The molecule has 4 rings (SSSR count). The number of carbonyl (C=O) groups is 1. The summed E-state index contributed by atoms with van der Waals surface area (Å²) in [7, 11) is 1.62. The van der Waals surface area contributed by atoms with E-state index in [1.165, 1.54) is 27.1 Å². The predicted octanol–water partition coefficient (Wildman–Crippen LogP) is 1.78. The summed E-state index contributed by atoms with van der Waals surface area (Å²) in [5, 5.41) is 24.6. The molecule has 0 saturated carbocycles. The summed E-state index contributed by atoms with van der Waals surface area (Å²) in [6.45, 7) is 3.79. The van der Waals surface area contributed by atoms with Crippen molar-refractivity contribution >= 4 is 33.3 Å². The molecule has 28 heavy (non-hydrogen) atoms. The Morgan fingerprint density at radius 3 is 3.04 bits per heavy atom. The lowest BCUT2D eigenvalue weighted by Gasteiger charge is -2.17. The Morgan fingerprint density at radius 1 is 1.50 bits per heavy atom. The van der Waals surface area contributed by atoms with Crippen LogP contribution in [-0.4, -0.2) is 30.7 Å². The summed E-state index contributed by atoms with van der Waals surface area (Å²) >= 11 is 1.52. The highest BCUT2D eigenvalue weighted by Crippen LogP contribution is 2.35. The van der Waals surface area contributed by atoms with Gasteiger partial charge in [0.1, 0.15) is 23.5 Å². The average molecular weight is 397 g/mol. The van der Waals surface area contributed by atoms with Crippen LogP contribution in [0.1, 0.15) is 42.3 Å². The van der Waals surface area contributed by atoms with Gasteiger partial charge in [-0.2, -0.15) is 15.0 Å². The van der Waals surface area contributed by atoms with Gasteiger partial charge in [-0.1, -0.05) is 12.1 Å². The molecule has 0 aromatic carbocycles. The zero-order chi connectivity index (χ0) is 20.0. The van der Waals surface area contributed by atoms with Gasteiger partial charge >= 0.3 is 0 Å². The second-order valence-corrected chi connectivity index (χ2v) is 8.26. The predicted molar refractivity (Wildman–Crippen MR) is 104 cm³/mol. The second-order valence-electron chi connectivity index (χ2n) is 7.18. The van der Waals surface area contributed by atoms with Crippen LogP contribution >= 0.6 is 11.3 Å². The van der Waals surface area contributed by atoms with Gasteiger partial charge in [-0.05, 0) is 37.7 Å². The molecule has 1 aliphatic rings. The molecular weight excluding hydrogens is 378 g/mol. The molecule has 0 aliphatic heterocycles. The van der Waals surface area contributed by atoms with E-state index in [9.17, 15) is 9.59 Å². The Hall–Kier alpha value is -3.06. The van der Waals surface area contributed by atoms with Crippen LogP contribution in [0.4, 0.5) is 5.82 Å². The maximum atomic E-state index is 13.1. The number of nitriles is 1. The molecule has 0 radical (unpaired) electrons. The summed E-state index contributed by atoms with van der Waals surface area (Å²) in [5.41, 5.74) is 1.00. The lowest BCUT2D eigenvalue weighted by molar-refractivity contribution is -0.119. The smallest absolute Gasteiger partial charge is 0.279 e. The van der Waals surface area contributed by atoms with E-state index in [2.05, 4.69) is 27.7 Å². The van der Waals surface area contributed by atoms with Crippen molar-refractivity contribution in [1.82, 2.24) is 24.8 Å². The van der Waals surface area contributed by atoms with Crippen LogP contribution in [0.5, 0.6) is 0 Å². The van der Waals surface area contributed by atoms with Crippen LogP contribution in [0.15, 0.2) is 11.0 Å². The Kier molecular flexibility index (Phi) is 4.47. The number of amides is 1. The van der Waals surface area contributed by atoms with Gasteiger partial charge in [0.25, 0.3) is 5.56 Å². The zero-order valence-electron chi connectivity index (χ0n) is 15.8. The Balaban J connectivity index is 1.70. The minimum Gasteiger partial charge on any atom is -0.308 e. The Bertz CT molecular complexity index is 1180. The van der Waals surface area contributed by atoms with Crippen LogP contribution in [-0.2, 0) is 24.7 Å². The number of aromatic nitrogens is 5. The van der Waals surface area contributed by atoms with Crippen molar-refractivity contribution in [3.63, 3.8) is 0 Å². The largest absolute Gasteiger partial charge is 0.308 e. The van der Waals surface area contributed by atoms with Crippen molar-refractivity contribution in [2.75, 3.05) is 5.32 Å². The standard InChI is InChI=1S/C18H19N7O2S/c1-9-4-5-12-13(6-9)28-17-14(12)18(27)25(23-22-17)10(2)16(26)21-15-11(7-19)8-20-24(15)3/h8-10H,4-6H2,1-3H3,(H,21,26). The molecule has 3 heterocycles. The third kappa shape index (κ3) is 2.88. The molecular formula is C18H19N7O2S. The molecule has 1 N–H and O–H groups in total. The second kappa shape index (κ2) is 6.83. The summed E-state index contributed by atoms with van der Waals surface area (Å²) in [5.74, 6) is 0.408. The van der Waals surface area contributed by atoms with E-state index in [1.807, 2.05) is 6.07 Å². The minimum absolute atomic E-state index is 0.248. The van der Waals surface area contributed by atoms with Gasteiger partial charge in [0.05, 0.1) is 11.6 Å². The van der Waals surface area contributed by atoms with Crippen molar-refractivity contribution in [2.24, 2.45) is 13.0 Å². The van der Waals surface area contributed by atoms with Crippen molar-refractivity contribution in [3.05, 3.63) is 32.6 Å². The van der Waals surface area contributed by atoms with Gasteiger partial charge in [0.15, 0.2) is 4.83 Å². The SMILES string of the molecule is CC1CCc2c(sc3nnn(C(C)C(=O)Nc4c(C#N)cnn4C)c(=O)c23)C1. The molecule has 3 aromatic heterocycles. The maximum absolute atomic E-state index is 13.1. The van der Waals surface area contributed by atoms with Gasteiger partial charge < -0.3 is 5.32 Å². The number of carbonyl (C=O) groups excluding carboxylic acids is 1. The van der Waals surface area contributed by atoms with Crippen molar-refractivity contribution in [3.8, 4) is 6.07 Å². The zero-order valence-corrected chi connectivity index (χ0v) is 16.6. The number of rotatable bonds is 3. The first-order valence-electron chi connectivity index (χ1n) is 9.03. The number of aryl methyl sites for hydroxylation is 2. The maximum Gasteiger partial charge on any atom is 0.279 e. The van der Waals surface area contributed by atoms with Crippen LogP contribution in [0, 0.1) is 17.2 Å². The first-order valence-corrected chi connectivity index (χ1v) is 9.85. The van der Waals surface area contributed by atoms with Gasteiger partial charge in [-0.15, -0.1) is 16.4 Å². The molecule has 2 atom stereocenters. The first kappa shape index (κ1) is 18.3. The molecule has 3 aromatic rings. The molecule has 9 nitrogen and oxygen atoms in total. The minimum atomic E-state index is -0.885. The number of nitrogens with zero attached hydrogens (tertiary/aromatic N) is 6. The summed E-state index contributed by atoms with van der Waals surface area (Å²) < 4.78 is 2.52. The fourth-order valence-corrected chi connectivity index (χ4v) is 4.84. The molecule has 10 heteroatoms. The highest BCUT2D eigenvalue weighted by molar-refractivity contribution is 7.18. The van der Waals surface area contributed by atoms with E-state index < -0.39 is 11.9 Å². The molecule has 0 spiro atoms. The number of fused-ring (bicyclic) bond motifs is 3. The van der Waals surface area contributed by atoms with Gasteiger partial charge in [-0.25, -0.2) is 0 Å². The third-order valence-electron chi connectivity index (χ3n) is 5.19. The van der Waals surface area contributed by atoms with Crippen molar-refractivity contribution in [2.45, 2.75) is 39.2 Å². The number of nitrogens with one attached hydrogen (secondary N) is 1. The summed E-state index contributed by atoms with van der Waals surface area (Å²) in [6.07, 6.45) is 4.20. The summed E-state index contributed by atoms with van der Waals surface area (Å²) in [4.78, 5) is 27.6. The first-order chi connectivity index (χ1) is 13.4. The molecule has 2 unspecified atom stereocenters. The monoisotopic (exact) mass is 397 g/mol. The Morgan fingerprint density at radius 2 is 2.29 bits per heavy atom. The third-order valence-corrected chi connectivity index (χ3v) is 6.33. The van der Waals surface area contributed by atoms with E-state index >= 15 is 0 Å². The number of hydrogen-bond donors (Lipinski definition) is 1. The highest BCUT2D eigenvalue weighted by atomic mass is 32.1. The van der Waals surface area contributed by atoms with Gasteiger partial charge in [0.2, 0.25) is 5.91 Å². The fourth-order valence-electron chi connectivity index (χ4n) is 3.52. The highest BCUT2D eigenvalue weighted by Gasteiger charge is 2.26. The van der Waals surface area contributed by atoms with Crippen LogP contribution < -0.4 is 10.9 Å². The van der Waals surface area contributed by atoms with Crippen molar-refractivity contribution in [1.29, 1.82) is 5.26 Å². The normalized spacial score (nSPS) is 17.1. The number of thiophene rings is 1. The lowest BCUT2D eigenvalue weighted by Crippen LogP contribution is -2.34. The fraction of sp³-hybridized carbons (Fsp3) is 0.444. The molecule has 144 valence electrons. The van der Waals surface area contributed by atoms with Gasteiger partial charge in [0, 0.05) is 11.9 Å². The summed E-state index contributed by atoms with van der Waals surface area (Å²) in [6, 6.07) is 1.09. The Labute approximate surface area is 164 Å². The van der Waals surface area contributed by atoms with Crippen LogP contribution in [0.3, 0.4) is 0 Å². The van der Waals surface area contributed by atoms with Crippen molar-refractivity contribution < 1.29 is 4.79 Å². The average Bonchev–Trinajstić information content (AvgIpc) is 3.21. The number of anilines is 1. The lowest BCUT2D eigenvalue weighted by atomic mass is 9.89. The van der Waals surface area contributed by atoms with E-state index in [0.717, 1.165) is 29.5 Å². The van der Waals surface area contributed by atoms with E-state index in [0.29, 0.717) is 16.1 Å². The molecule has 1 amide bonds. The van der Waals surface area contributed by atoms with Gasteiger partial charge in [-0.3, -0.25) is 14.3 Å². The van der Waals surface area contributed by atoms with E-state index in [-0.39, 0.29) is 16.9 Å². The van der Waals surface area contributed by atoms with Crippen LogP contribution in [0.25, 0.3) is 10.2 Å². The van der Waals surface area contributed by atoms with Crippen LogP contribution in [0.2, 0.25) is 0 Å². The molecule has 0 saturated heterocycles. The van der Waals surface area contributed by atoms with E-state index in [4.69, 9.17) is 5.26 Å². The molecule has 0 bridgehead atoms. The topological polar surface area (TPSA) is 118 Å². The molecule has 1 aliphatic carbocycles. The van der Waals surface area contributed by atoms with E-state index in [1.54, 1.807) is 14.0 Å². The number of hydrogen-bond acceptors (Lipinski definition) is 7.